The molecule has 0 N–H and O–H groups in total. The molecule has 0 spiro atoms. The molecule has 59 heavy (non-hydrogen) atoms. The second-order valence-corrected chi connectivity index (χ2v) is 15.3. The molecule has 12 rings (SSSR count). The van der Waals surface area contributed by atoms with Crippen LogP contribution >= 0.6 is 0 Å². The highest BCUT2D eigenvalue weighted by atomic mass is 15.1. The third-order valence-electron chi connectivity index (χ3n) is 12.0. The lowest BCUT2D eigenvalue weighted by Crippen LogP contribution is -2.10. The summed E-state index contributed by atoms with van der Waals surface area (Å²) in [4.78, 5) is 2.37. The van der Waals surface area contributed by atoms with Gasteiger partial charge in [-0.15, -0.1) is 0 Å². The molecule has 3 aromatic heterocycles. The van der Waals surface area contributed by atoms with Crippen LogP contribution in [-0.2, 0) is 0 Å². The molecule has 4 nitrogen and oxygen atoms in total. The predicted molar refractivity (Wildman–Crippen MR) is 249 cm³/mol. The molecule has 1 aliphatic rings. The molecule has 0 atom stereocenters. The van der Waals surface area contributed by atoms with E-state index in [9.17, 15) is 0 Å². The first kappa shape index (κ1) is 33.3. The standard InChI is InChI=1S/C55H38N4/c1-2-14-44-45-15-4-9-21-51(45)57(50(44)20-3-1)41-32-26-38(27-33-41)56(39-28-34-42(35-29-39)58-52-22-10-5-16-46(52)47-17-6-11-23-53(47)58)40-30-36-43(37-31-40)59-54-24-12-7-18-48(54)49-19-8-13-25-55(49)59/h2-37H,1H2. The molecule has 0 unspecified atom stereocenters. The van der Waals surface area contributed by atoms with E-state index in [2.05, 4.69) is 237 Å². The molecule has 4 heteroatoms. The van der Waals surface area contributed by atoms with Crippen molar-refractivity contribution in [3.05, 3.63) is 218 Å². The maximum atomic E-state index is 2.39. The summed E-state index contributed by atoms with van der Waals surface area (Å²) in [6.07, 6.45) is 9.98. The normalized spacial score (nSPS) is 12.5. The minimum Gasteiger partial charge on any atom is -0.310 e. The molecule has 0 aliphatic heterocycles. The van der Waals surface area contributed by atoms with Crippen molar-refractivity contribution in [2.24, 2.45) is 0 Å². The highest BCUT2D eigenvalue weighted by molar-refractivity contribution is 6.10. The quantitative estimate of drug-likeness (QED) is 0.165. The first-order valence-electron chi connectivity index (χ1n) is 20.3. The number of allylic oxidation sites excluding steroid dienone is 2. The van der Waals surface area contributed by atoms with Crippen molar-refractivity contribution in [2.75, 3.05) is 4.90 Å². The summed E-state index contributed by atoms with van der Waals surface area (Å²) in [6, 6.07) is 70.5. The van der Waals surface area contributed by atoms with Crippen LogP contribution in [0.3, 0.4) is 0 Å². The van der Waals surface area contributed by atoms with Gasteiger partial charge in [-0.25, -0.2) is 0 Å². The number of anilines is 3. The van der Waals surface area contributed by atoms with Crippen molar-refractivity contribution in [2.45, 2.75) is 6.42 Å². The maximum absolute atomic E-state index is 2.39. The topological polar surface area (TPSA) is 18.0 Å². The Hall–Kier alpha value is -7.82. The maximum Gasteiger partial charge on any atom is 0.0541 e. The Bertz CT molecular complexity index is 3180. The molecule has 1 aliphatic carbocycles. The van der Waals surface area contributed by atoms with Gasteiger partial charge in [-0.1, -0.05) is 109 Å². The summed E-state index contributed by atoms with van der Waals surface area (Å²) in [5.41, 5.74) is 15.2. The van der Waals surface area contributed by atoms with Crippen molar-refractivity contribution in [3.63, 3.8) is 0 Å². The van der Waals surface area contributed by atoms with E-state index in [1.165, 1.54) is 65.8 Å². The Morgan fingerprint density at radius 1 is 0.305 bits per heavy atom. The fourth-order valence-corrected chi connectivity index (χ4v) is 9.45. The van der Waals surface area contributed by atoms with Gasteiger partial charge in [-0.05, 0) is 116 Å². The highest BCUT2D eigenvalue weighted by Gasteiger charge is 2.19. The molecule has 3 heterocycles. The van der Waals surface area contributed by atoms with Crippen molar-refractivity contribution in [1.82, 2.24) is 13.7 Å². The Morgan fingerprint density at radius 3 is 1.03 bits per heavy atom. The third-order valence-corrected chi connectivity index (χ3v) is 12.0. The van der Waals surface area contributed by atoms with Crippen molar-refractivity contribution in [3.8, 4) is 17.1 Å². The average Bonchev–Trinajstić information content (AvgIpc) is 3.85. The molecule has 0 radical (unpaired) electrons. The summed E-state index contributed by atoms with van der Waals surface area (Å²) in [5.74, 6) is 0. The van der Waals surface area contributed by atoms with Crippen LogP contribution in [0.2, 0.25) is 0 Å². The Kier molecular flexibility index (Phi) is 7.57. The number of hydrogen-bond acceptors (Lipinski definition) is 1. The van der Waals surface area contributed by atoms with E-state index < -0.39 is 0 Å². The zero-order valence-corrected chi connectivity index (χ0v) is 32.3. The van der Waals surface area contributed by atoms with Gasteiger partial charge < -0.3 is 18.6 Å². The summed E-state index contributed by atoms with van der Waals surface area (Å²) in [6.45, 7) is 0. The summed E-state index contributed by atoms with van der Waals surface area (Å²) in [5, 5.41) is 6.31. The van der Waals surface area contributed by atoms with Gasteiger partial charge in [0.15, 0.2) is 0 Å². The van der Waals surface area contributed by atoms with Gasteiger partial charge in [0.05, 0.1) is 33.3 Å². The average molecular weight is 755 g/mol. The molecule has 8 aromatic carbocycles. The van der Waals surface area contributed by atoms with E-state index in [0.717, 1.165) is 40.5 Å². The highest BCUT2D eigenvalue weighted by Crippen LogP contribution is 2.40. The SMILES string of the molecule is C1=Cc2c(n(-c3ccc(N(c4ccc(-n5c6ccccc6c6ccccc65)cc4)c4ccc(-n5c6ccccc6c6ccccc65)cc4)cc3)c3ccccc23)C=CC1. The van der Waals surface area contributed by atoms with Crippen LogP contribution < -0.4 is 4.90 Å². The number of rotatable bonds is 6. The van der Waals surface area contributed by atoms with E-state index >= 15 is 0 Å². The minimum atomic E-state index is 0.933. The van der Waals surface area contributed by atoms with Crippen molar-refractivity contribution < 1.29 is 0 Å². The fourth-order valence-electron chi connectivity index (χ4n) is 9.45. The predicted octanol–water partition coefficient (Wildman–Crippen LogP) is 14.7. The lowest BCUT2D eigenvalue weighted by Gasteiger charge is -2.26. The van der Waals surface area contributed by atoms with Gasteiger partial charge >= 0.3 is 0 Å². The zero-order chi connectivity index (χ0) is 38.9. The second kappa shape index (κ2) is 13.4. The second-order valence-electron chi connectivity index (χ2n) is 15.3. The number of benzene rings is 8. The molecule has 0 bridgehead atoms. The molecular formula is C55H38N4. The molecule has 278 valence electrons. The van der Waals surface area contributed by atoms with E-state index in [1.54, 1.807) is 0 Å². The number of nitrogens with zero attached hydrogens (tertiary/aromatic N) is 4. The zero-order valence-electron chi connectivity index (χ0n) is 32.3. The van der Waals surface area contributed by atoms with E-state index in [-0.39, 0.29) is 0 Å². The Balaban J connectivity index is 0.993. The van der Waals surface area contributed by atoms with E-state index in [1.807, 2.05) is 0 Å². The number of para-hydroxylation sites is 5. The monoisotopic (exact) mass is 754 g/mol. The van der Waals surface area contributed by atoms with Gasteiger partial charge in [0.1, 0.15) is 0 Å². The number of aromatic nitrogens is 3. The molecule has 11 aromatic rings. The number of hydrogen-bond donors (Lipinski definition) is 0. The third kappa shape index (κ3) is 5.23. The van der Waals surface area contributed by atoms with Crippen LogP contribution in [0.4, 0.5) is 17.1 Å². The van der Waals surface area contributed by atoms with Crippen LogP contribution in [0.5, 0.6) is 0 Å². The van der Waals surface area contributed by atoms with E-state index in [0.29, 0.717) is 0 Å². The first-order valence-corrected chi connectivity index (χ1v) is 20.3. The lowest BCUT2D eigenvalue weighted by molar-refractivity contribution is 1.10. The number of fused-ring (bicyclic) bond motifs is 9. The van der Waals surface area contributed by atoms with Crippen LogP contribution in [0.15, 0.2) is 206 Å². The smallest absolute Gasteiger partial charge is 0.0541 e. The van der Waals surface area contributed by atoms with Gasteiger partial charge in [0, 0.05) is 66.6 Å². The minimum absolute atomic E-state index is 0.933. The summed E-state index contributed by atoms with van der Waals surface area (Å²) >= 11 is 0. The molecule has 0 amide bonds. The lowest BCUT2D eigenvalue weighted by atomic mass is 10.1. The van der Waals surface area contributed by atoms with Gasteiger partial charge in [-0.2, -0.15) is 0 Å². The first-order chi connectivity index (χ1) is 29.3. The molecule has 0 saturated carbocycles. The largest absolute Gasteiger partial charge is 0.310 e. The van der Waals surface area contributed by atoms with Crippen LogP contribution in [0.1, 0.15) is 17.7 Å². The fraction of sp³-hybridized carbons (Fsp3) is 0.0182. The van der Waals surface area contributed by atoms with Gasteiger partial charge in [-0.3, -0.25) is 0 Å². The Labute approximate surface area is 342 Å². The summed E-state index contributed by atoms with van der Waals surface area (Å²) < 4.78 is 7.15. The summed E-state index contributed by atoms with van der Waals surface area (Å²) in [7, 11) is 0. The van der Waals surface area contributed by atoms with Crippen molar-refractivity contribution >= 4 is 83.7 Å². The molecule has 0 saturated heterocycles. The van der Waals surface area contributed by atoms with Gasteiger partial charge in [0.2, 0.25) is 0 Å². The van der Waals surface area contributed by atoms with Gasteiger partial charge in [0.25, 0.3) is 0 Å². The molecular weight excluding hydrogens is 717 g/mol. The molecule has 0 fully saturated rings. The van der Waals surface area contributed by atoms with Crippen LogP contribution in [0, 0.1) is 0 Å². The van der Waals surface area contributed by atoms with E-state index in [4.69, 9.17) is 0 Å². The van der Waals surface area contributed by atoms with Crippen molar-refractivity contribution in [1.29, 1.82) is 0 Å². The van der Waals surface area contributed by atoms with Crippen LogP contribution in [0.25, 0.3) is 83.7 Å². The Morgan fingerprint density at radius 2 is 0.627 bits per heavy atom. The van der Waals surface area contributed by atoms with Crippen LogP contribution in [-0.4, -0.2) is 13.7 Å².